The van der Waals surface area contributed by atoms with E-state index >= 15 is 0 Å². The van der Waals surface area contributed by atoms with E-state index in [1.54, 1.807) is 6.20 Å². The number of aromatic amines is 1. The third-order valence-electron chi connectivity index (χ3n) is 5.02. The van der Waals surface area contributed by atoms with Crippen molar-refractivity contribution in [2.24, 2.45) is 0 Å². The highest BCUT2D eigenvalue weighted by Gasteiger charge is 2.12. The molecule has 0 fully saturated rings. The lowest BCUT2D eigenvalue weighted by atomic mass is 10.0. The van der Waals surface area contributed by atoms with Crippen molar-refractivity contribution in [3.05, 3.63) is 52.7 Å². The maximum absolute atomic E-state index is 12.3. The quantitative estimate of drug-likeness (QED) is 0.679. The molecule has 0 unspecified atom stereocenters. The minimum absolute atomic E-state index is 0.0643. The van der Waals surface area contributed by atoms with Crippen LogP contribution in [-0.4, -0.2) is 20.4 Å². The molecule has 0 bridgehead atoms. The molecule has 0 saturated heterocycles. The van der Waals surface area contributed by atoms with Crippen LogP contribution in [0, 0.1) is 13.8 Å². The molecule has 0 aliphatic carbocycles. The molecule has 26 heavy (non-hydrogen) atoms. The van der Waals surface area contributed by atoms with E-state index in [1.807, 2.05) is 10.8 Å². The first kappa shape index (κ1) is 18.2. The van der Waals surface area contributed by atoms with Crippen molar-refractivity contribution in [2.75, 3.05) is 0 Å². The molecule has 0 radical (unpaired) electrons. The zero-order valence-corrected chi connectivity index (χ0v) is 16.1. The van der Waals surface area contributed by atoms with Gasteiger partial charge in [-0.3, -0.25) is 4.79 Å². The van der Waals surface area contributed by atoms with Gasteiger partial charge in [0.1, 0.15) is 5.82 Å². The van der Waals surface area contributed by atoms with E-state index < -0.39 is 0 Å². The first-order valence-corrected chi connectivity index (χ1v) is 9.40. The highest BCUT2D eigenvalue weighted by Crippen LogP contribution is 2.26. The number of imidazole rings is 1. The summed E-state index contributed by atoms with van der Waals surface area (Å²) in [6, 6.07) is 4.38. The van der Waals surface area contributed by atoms with Crippen molar-refractivity contribution in [3.63, 3.8) is 0 Å². The van der Waals surface area contributed by atoms with Crippen LogP contribution in [0.1, 0.15) is 48.5 Å². The summed E-state index contributed by atoms with van der Waals surface area (Å²) in [5, 5.41) is 4.33. The lowest BCUT2D eigenvalue weighted by Crippen LogP contribution is -2.24. The second-order valence-electron chi connectivity index (χ2n) is 6.85. The van der Waals surface area contributed by atoms with Crippen LogP contribution in [0.4, 0.5) is 0 Å². The maximum atomic E-state index is 12.3. The van der Waals surface area contributed by atoms with E-state index in [0.29, 0.717) is 19.5 Å². The van der Waals surface area contributed by atoms with E-state index in [2.05, 4.69) is 55.1 Å². The minimum Gasteiger partial charge on any atom is -0.358 e. The Bertz CT molecular complexity index is 920. The fraction of sp³-hybridized carbons (Fsp3) is 0.429. The zero-order valence-electron chi connectivity index (χ0n) is 16.1. The van der Waals surface area contributed by atoms with Crippen LogP contribution in [0.2, 0.25) is 0 Å². The van der Waals surface area contributed by atoms with Gasteiger partial charge in [0.15, 0.2) is 0 Å². The van der Waals surface area contributed by atoms with Crippen LogP contribution in [0.25, 0.3) is 10.9 Å². The van der Waals surface area contributed by atoms with Crippen LogP contribution in [0.5, 0.6) is 0 Å². The topological polar surface area (TPSA) is 62.7 Å². The van der Waals surface area contributed by atoms with Crippen LogP contribution in [0.3, 0.4) is 0 Å². The summed E-state index contributed by atoms with van der Waals surface area (Å²) in [4.78, 5) is 20.1. The van der Waals surface area contributed by atoms with Crippen LogP contribution >= 0.6 is 0 Å². The van der Waals surface area contributed by atoms with Crippen molar-refractivity contribution in [1.82, 2.24) is 19.9 Å². The van der Waals surface area contributed by atoms with Gasteiger partial charge < -0.3 is 14.9 Å². The monoisotopic (exact) mass is 352 g/mol. The summed E-state index contributed by atoms with van der Waals surface area (Å²) in [5.74, 6) is 1.08. The number of hydrogen-bond donors (Lipinski definition) is 2. The molecule has 5 heteroatoms. The molecular weight excluding hydrogens is 324 g/mol. The number of amides is 1. The van der Waals surface area contributed by atoms with Crippen molar-refractivity contribution < 1.29 is 4.79 Å². The average Bonchev–Trinajstić information content (AvgIpc) is 3.22. The maximum Gasteiger partial charge on any atom is 0.222 e. The van der Waals surface area contributed by atoms with Gasteiger partial charge in [0.05, 0.1) is 5.52 Å². The summed E-state index contributed by atoms with van der Waals surface area (Å²) in [5.41, 5.74) is 6.09. The molecule has 0 saturated carbocycles. The Kier molecular flexibility index (Phi) is 5.45. The lowest BCUT2D eigenvalue weighted by Gasteiger charge is -2.09. The fourth-order valence-corrected chi connectivity index (χ4v) is 3.57. The molecule has 0 spiro atoms. The molecule has 2 N–H and O–H groups in total. The third-order valence-corrected chi connectivity index (χ3v) is 5.02. The van der Waals surface area contributed by atoms with Gasteiger partial charge in [0.25, 0.3) is 0 Å². The number of hydrogen-bond acceptors (Lipinski definition) is 2. The Labute approximate surface area is 154 Å². The molecule has 2 aromatic heterocycles. The van der Waals surface area contributed by atoms with Crippen LogP contribution < -0.4 is 5.32 Å². The number of carbonyl (C=O) groups excluding carboxylic acids is 1. The highest BCUT2D eigenvalue weighted by atomic mass is 16.1. The minimum atomic E-state index is 0.0643. The summed E-state index contributed by atoms with van der Waals surface area (Å²) in [7, 11) is 0. The van der Waals surface area contributed by atoms with Gasteiger partial charge in [-0.05, 0) is 37.5 Å². The summed E-state index contributed by atoms with van der Waals surface area (Å²) < 4.78 is 2.05. The van der Waals surface area contributed by atoms with Crippen molar-refractivity contribution in [1.29, 1.82) is 0 Å². The van der Waals surface area contributed by atoms with Gasteiger partial charge in [0.2, 0.25) is 5.91 Å². The molecule has 0 atom stereocenters. The van der Waals surface area contributed by atoms with Crippen molar-refractivity contribution >= 4 is 16.8 Å². The molecule has 0 aliphatic heterocycles. The smallest absolute Gasteiger partial charge is 0.222 e. The summed E-state index contributed by atoms with van der Waals surface area (Å²) in [6.07, 6.45) is 6.05. The predicted octanol–water partition coefficient (Wildman–Crippen LogP) is 3.81. The number of aryl methyl sites for hydroxylation is 5. The number of benzene rings is 1. The first-order chi connectivity index (χ1) is 12.5. The number of rotatable bonds is 7. The van der Waals surface area contributed by atoms with E-state index in [0.717, 1.165) is 29.7 Å². The SMILES string of the molecule is CCc1[nH]c2c(CNC(=O)CCn3ccnc3CC)cc(C)cc2c1C. The molecule has 138 valence electrons. The second-order valence-corrected chi connectivity index (χ2v) is 6.85. The molecule has 3 rings (SSSR count). The van der Waals surface area contributed by atoms with Crippen molar-refractivity contribution in [3.8, 4) is 0 Å². The van der Waals surface area contributed by atoms with Gasteiger partial charge in [-0.1, -0.05) is 25.5 Å². The number of fused-ring (bicyclic) bond motifs is 1. The largest absolute Gasteiger partial charge is 0.358 e. The zero-order chi connectivity index (χ0) is 18.7. The van der Waals surface area contributed by atoms with Gasteiger partial charge in [0, 0.05) is 49.4 Å². The van der Waals surface area contributed by atoms with Crippen molar-refractivity contribution in [2.45, 2.75) is 60.0 Å². The Hall–Kier alpha value is -2.56. The molecule has 3 aromatic rings. The van der Waals surface area contributed by atoms with Gasteiger partial charge in [-0.25, -0.2) is 4.98 Å². The first-order valence-electron chi connectivity index (χ1n) is 9.40. The number of carbonyl (C=O) groups is 1. The number of nitrogens with zero attached hydrogens (tertiary/aromatic N) is 2. The third kappa shape index (κ3) is 3.66. The van der Waals surface area contributed by atoms with Gasteiger partial charge in [-0.15, -0.1) is 0 Å². The Morgan fingerprint density at radius 1 is 1.23 bits per heavy atom. The Morgan fingerprint density at radius 2 is 2.04 bits per heavy atom. The highest BCUT2D eigenvalue weighted by molar-refractivity contribution is 5.88. The van der Waals surface area contributed by atoms with E-state index in [9.17, 15) is 4.79 Å². The van der Waals surface area contributed by atoms with Crippen LogP contribution in [0.15, 0.2) is 24.5 Å². The molecule has 0 aliphatic rings. The average molecular weight is 352 g/mol. The summed E-state index contributed by atoms with van der Waals surface area (Å²) >= 11 is 0. The van der Waals surface area contributed by atoms with Crippen LogP contribution in [-0.2, 0) is 30.7 Å². The normalized spacial score (nSPS) is 11.2. The summed E-state index contributed by atoms with van der Waals surface area (Å²) in [6.45, 7) is 9.71. The number of aromatic nitrogens is 3. The molecule has 1 amide bonds. The molecule has 1 aromatic carbocycles. The molecular formula is C21H28N4O. The Morgan fingerprint density at radius 3 is 2.77 bits per heavy atom. The number of nitrogens with one attached hydrogen (secondary N) is 2. The fourth-order valence-electron chi connectivity index (χ4n) is 3.57. The standard InChI is InChI=1S/C21H28N4O/c1-5-18-15(4)17-12-14(3)11-16(21(17)24-18)13-23-20(26)7-9-25-10-8-22-19(25)6-2/h8,10-12,24H,5-7,9,13H2,1-4H3,(H,23,26). The van der Waals surface area contributed by atoms with Gasteiger partial charge >= 0.3 is 0 Å². The van der Waals surface area contributed by atoms with Gasteiger partial charge in [-0.2, -0.15) is 0 Å². The van der Waals surface area contributed by atoms with E-state index in [-0.39, 0.29) is 5.91 Å². The van der Waals surface area contributed by atoms with E-state index in [4.69, 9.17) is 0 Å². The number of H-pyrrole nitrogens is 1. The predicted molar refractivity (Wildman–Crippen MR) is 105 cm³/mol. The van der Waals surface area contributed by atoms with E-state index in [1.165, 1.54) is 22.2 Å². The second kappa shape index (κ2) is 7.77. The molecule has 2 heterocycles. The lowest BCUT2D eigenvalue weighted by molar-refractivity contribution is -0.121. The molecule has 5 nitrogen and oxygen atoms in total. The Balaban J connectivity index is 1.68.